The number of rotatable bonds is 3. The fourth-order valence-electron chi connectivity index (χ4n) is 2.26. The van der Waals surface area contributed by atoms with Crippen LogP contribution < -0.4 is 5.73 Å². The Morgan fingerprint density at radius 1 is 1.04 bits per heavy atom. The number of anilines is 1. The van der Waals surface area contributed by atoms with Crippen LogP contribution in [0.2, 0.25) is 5.02 Å². The zero-order valence-corrected chi connectivity index (χ0v) is 13.6. The number of para-hydroxylation sites is 1. The van der Waals surface area contributed by atoms with E-state index in [1.807, 2.05) is 56.3 Å². The zero-order valence-electron chi connectivity index (χ0n) is 12.9. The lowest BCUT2D eigenvalue weighted by Crippen LogP contribution is -2.01. The van der Waals surface area contributed by atoms with E-state index in [9.17, 15) is 0 Å². The molecule has 0 bridgehead atoms. The maximum atomic E-state index is 6.19. The van der Waals surface area contributed by atoms with Crippen molar-refractivity contribution >= 4 is 28.8 Å². The molecule has 0 amide bonds. The quantitative estimate of drug-likeness (QED) is 0.677. The van der Waals surface area contributed by atoms with Gasteiger partial charge in [-0.15, -0.1) is 5.11 Å². The van der Waals surface area contributed by atoms with E-state index in [-0.39, 0.29) is 0 Å². The number of aryl methyl sites for hydroxylation is 2. The van der Waals surface area contributed by atoms with Crippen molar-refractivity contribution in [2.75, 3.05) is 5.73 Å². The molecule has 0 aliphatic carbocycles. The molecule has 0 spiro atoms. The number of halogens is 1. The Kier molecular flexibility index (Phi) is 4.12. The summed E-state index contributed by atoms with van der Waals surface area (Å²) in [4.78, 5) is 0. The van der Waals surface area contributed by atoms with Crippen molar-refractivity contribution < 1.29 is 0 Å². The van der Waals surface area contributed by atoms with E-state index in [1.165, 1.54) is 0 Å². The van der Waals surface area contributed by atoms with E-state index in [4.69, 9.17) is 17.3 Å². The Balaban J connectivity index is 1.98. The van der Waals surface area contributed by atoms with Crippen LogP contribution in [0.5, 0.6) is 0 Å². The van der Waals surface area contributed by atoms with Crippen LogP contribution in [0, 0.1) is 13.8 Å². The summed E-state index contributed by atoms with van der Waals surface area (Å²) in [6, 6.07) is 15.1. The first-order valence-corrected chi connectivity index (χ1v) is 7.52. The van der Waals surface area contributed by atoms with Crippen LogP contribution in [0.15, 0.2) is 58.8 Å². The molecule has 2 N–H and O–H groups in total. The van der Waals surface area contributed by atoms with Gasteiger partial charge in [-0.05, 0) is 49.7 Å². The summed E-state index contributed by atoms with van der Waals surface area (Å²) in [6.07, 6.45) is 0. The molecule has 0 aliphatic rings. The first kappa shape index (κ1) is 15.2. The Bertz CT molecular complexity index is 868. The average molecular weight is 326 g/mol. The largest absolute Gasteiger partial charge is 0.382 e. The van der Waals surface area contributed by atoms with E-state index in [1.54, 1.807) is 10.7 Å². The van der Waals surface area contributed by atoms with Gasteiger partial charge < -0.3 is 5.73 Å². The first-order chi connectivity index (χ1) is 11.1. The molecule has 5 nitrogen and oxygen atoms in total. The molecule has 1 heterocycles. The van der Waals surface area contributed by atoms with E-state index >= 15 is 0 Å². The lowest BCUT2D eigenvalue weighted by Gasteiger charge is -2.03. The molecule has 0 radical (unpaired) electrons. The van der Waals surface area contributed by atoms with E-state index in [2.05, 4.69) is 15.3 Å². The lowest BCUT2D eigenvalue weighted by molar-refractivity contribution is 0.872. The zero-order chi connectivity index (χ0) is 16.4. The number of azo groups is 1. The highest BCUT2D eigenvalue weighted by Crippen LogP contribution is 2.31. The Morgan fingerprint density at radius 2 is 1.78 bits per heavy atom. The van der Waals surface area contributed by atoms with Gasteiger partial charge in [-0.3, -0.25) is 0 Å². The molecule has 23 heavy (non-hydrogen) atoms. The number of hydrogen-bond acceptors (Lipinski definition) is 4. The Hall–Kier alpha value is -2.66. The third kappa shape index (κ3) is 3.10. The third-order valence-corrected chi connectivity index (χ3v) is 3.72. The SMILES string of the molecule is Cc1cc(Cl)ccc1N=Nc1c(C)nn(-c2ccccc2)c1N. The molecule has 0 aliphatic heterocycles. The van der Waals surface area contributed by atoms with Crippen molar-refractivity contribution in [1.82, 2.24) is 9.78 Å². The van der Waals surface area contributed by atoms with Crippen LogP contribution in [0.4, 0.5) is 17.2 Å². The van der Waals surface area contributed by atoms with Crippen molar-refractivity contribution in [3.05, 3.63) is 64.8 Å². The van der Waals surface area contributed by atoms with Gasteiger partial charge >= 0.3 is 0 Å². The number of nitrogens with two attached hydrogens (primary N) is 1. The molecule has 0 saturated carbocycles. The molecule has 0 atom stereocenters. The molecular formula is C17H16ClN5. The van der Waals surface area contributed by atoms with Crippen LogP contribution >= 0.6 is 11.6 Å². The first-order valence-electron chi connectivity index (χ1n) is 7.14. The third-order valence-electron chi connectivity index (χ3n) is 3.48. The molecule has 0 fully saturated rings. The van der Waals surface area contributed by atoms with Gasteiger partial charge in [0.15, 0.2) is 11.5 Å². The molecule has 1 aromatic heterocycles. The minimum Gasteiger partial charge on any atom is -0.382 e. The van der Waals surface area contributed by atoms with Crippen LogP contribution in [-0.2, 0) is 0 Å². The average Bonchev–Trinajstić information content (AvgIpc) is 2.82. The summed E-state index contributed by atoms with van der Waals surface area (Å²) in [7, 11) is 0. The number of hydrogen-bond donors (Lipinski definition) is 1. The van der Waals surface area contributed by atoms with Crippen molar-refractivity contribution in [2.45, 2.75) is 13.8 Å². The van der Waals surface area contributed by atoms with Crippen LogP contribution in [0.3, 0.4) is 0 Å². The van der Waals surface area contributed by atoms with E-state index in [0.29, 0.717) is 16.5 Å². The predicted molar refractivity (Wildman–Crippen MR) is 93.1 cm³/mol. The minimum absolute atomic E-state index is 0.462. The maximum absolute atomic E-state index is 6.19. The summed E-state index contributed by atoms with van der Waals surface area (Å²) in [5.74, 6) is 0.462. The van der Waals surface area contributed by atoms with Crippen LogP contribution in [0.1, 0.15) is 11.3 Å². The molecule has 3 rings (SSSR count). The highest BCUT2D eigenvalue weighted by molar-refractivity contribution is 6.30. The van der Waals surface area contributed by atoms with Gasteiger partial charge in [0.05, 0.1) is 17.1 Å². The highest BCUT2D eigenvalue weighted by Gasteiger charge is 2.13. The van der Waals surface area contributed by atoms with Crippen molar-refractivity contribution in [1.29, 1.82) is 0 Å². The van der Waals surface area contributed by atoms with Gasteiger partial charge in [-0.25, -0.2) is 4.68 Å². The van der Waals surface area contributed by atoms with Gasteiger partial charge in [-0.1, -0.05) is 29.8 Å². The number of aromatic nitrogens is 2. The summed E-state index contributed by atoms with van der Waals surface area (Å²) in [6.45, 7) is 3.79. The Morgan fingerprint density at radius 3 is 2.48 bits per heavy atom. The van der Waals surface area contributed by atoms with Gasteiger partial charge in [0.1, 0.15) is 0 Å². The molecule has 0 saturated heterocycles. The summed E-state index contributed by atoms with van der Waals surface area (Å²) >= 11 is 5.95. The molecule has 116 valence electrons. The summed E-state index contributed by atoms with van der Waals surface area (Å²) in [5, 5.41) is 13.7. The molecule has 2 aromatic carbocycles. The summed E-state index contributed by atoms with van der Waals surface area (Å²) in [5.41, 5.74) is 10.1. The second-order valence-corrected chi connectivity index (χ2v) is 5.63. The maximum Gasteiger partial charge on any atom is 0.155 e. The monoisotopic (exact) mass is 325 g/mol. The minimum atomic E-state index is 0.462. The van der Waals surface area contributed by atoms with Crippen molar-refractivity contribution in [3.8, 4) is 5.69 Å². The molecule has 6 heteroatoms. The molecule has 0 unspecified atom stereocenters. The standard InChI is InChI=1S/C17H16ClN5/c1-11-10-13(18)8-9-15(11)20-21-16-12(2)22-23(17(16)19)14-6-4-3-5-7-14/h3-10H,19H2,1-2H3. The van der Waals surface area contributed by atoms with E-state index < -0.39 is 0 Å². The van der Waals surface area contributed by atoms with E-state index in [0.717, 1.165) is 22.6 Å². The van der Waals surface area contributed by atoms with Crippen LogP contribution in [0.25, 0.3) is 5.69 Å². The molecule has 3 aromatic rings. The normalized spacial score (nSPS) is 11.3. The smallest absolute Gasteiger partial charge is 0.155 e. The lowest BCUT2D eigenvalue weighted by atomic mass is 10.2. The highest BCUT2D eigenvalue weighted by atomic mass is 35.5. The second-order valence-electron chi connectivity index (χ2n) is 5.20. The number of nitrogen functional groups attached to an aromatic ring is 1. The van der Waals surface area contributed by atoms with Crippen LogP contribution in [-0.4, -0.2) is 9.78 Å². The molecular weight excluding hydrogens is 310 g/mol. The summed E-state index contributed by atoms with van der Waals surface area (Å²) < 4.78 is 1.67. The fourth-order valence-corrected chi connectivity index (χ4v) is 2.49. The fraction of sp³-hybridized carbons (Fsp3) is 0.118. The van der Waals surface area contributed by atoms with Crippen molar-refractivity contribution in [2.24, 2.45) is 10.2 Å². The number of nitrogens with zero attached hydrogens (tertiary/aromatic N) is 4. The van der Waals surface area contributed by atoms with Gasteiger partial charge in [0, 0.05) is 5.02 Å². The van der Waals surface area contributed by atoms with Gasteiger partial charge in [0.2, 0.25) is 0 Å². The van der Waals surface area contributed by atoms with Crippen molar-refractivity contribution in [3.63, 3.8) is 0 Å². The number of benzene rings is 2. The topological polar surface area (TPSA) is 68.6 Å². The Labute approximate surface area is 139 Å². The van der Waals surface area contributed by atoms with Gasteiger partial charge in [-0.2, -0.15) is 10.2 Å². The van der Waals surface area contributed by atoms with Gasteiger partial charge in [0.25, 0.3) is 0 Å². The second kappa shape index (κ2) is 6.22. The predicted octanol–water partition coefficient (Wildman–Crippen LogP) is 5.14.